The third kappa shape index (κ3) is 3.18. The van der Waals surface area contributed by atoms with E-state index in [4.69, 9.17) is 0 Å². The number of carbonyl (C=O) groups excluding carboxylic acids is 1. The van der Waals surface area contributed by atoms with Crippen molar-refractivity contribution in [2.45, 2.75) is 20.4 Å². The number of hydrogen-bond acceptors (Lipinski definition) is 4. The highest BCUT2D eigenvalue weighted by molar-refractivity contribution is 9.10. The van der Waals surface area contributed by atoms with E-state index in [0.29, 0.717) is 27.1 Å². The SMILES string of the molecule is Cc1nn(Cc2ccccc2F)c(C)c1NC(=O)c1nn2cccnc2c1Br. The van der Waals surface area contributed by atoms with Crippen LogP contribution in [0.1, 0.15) is 27.4 Å². The first-order valence-corrected chi connectivity index (χ1v) is 9.32. The lowest BCUT2D eigenvalue weighted by molar-refractivity contribution is 0.102. The van der Waals surface area contributed by atoms with Gasteiger partial charge in [0.1, 0.15) is 5.82 Å². The molecular formula is C19H16BrFN6O. The zero-order chi connectivity index (χ0) is 19.8. The van der Waals surface area contributed by atoms with Crippen molar-refractivity contribution in [2.24, 2.45) is 0 Å². The lowest BCUT2D eigenvalue weighted by atomic mass is 10.2. The van der Waals surface area contributed by atoms with E-state index in [1.54, 1.807) is 48.3 Å². The number of benzene rings is 1. The number of nitrogens with one attached hydrogen (secondary N) is 1. The van der Waals surface area contributed by atoms with Crippen LogP contribution in [0.25, 0.3) is 5.65 Å². The number of nitrogens with zero attached hydrogens (tertiary/aromatic N) is 5. The molecule has 4 aromatic rings. The van der Waals surface area contributed by atoms with Crippen LogP contribution < -0.4 is 5.32 Å². The molecule has 3 heterocycles. The van der Waals surface area contributed by atoms with Gasteiger partial charge in [-0.3, -0.25) is 9.48 Å². The van der Waals surface area contributed by atoms with E-state index in [0.717, 1.165) is 5.69 Å². The summed E-state index contributed by atoms with van der Waals surface area (Å²) in [4.78, 5) is 17.0. The molecular weight excluding hydrogens is 427 g/mol. The number of fused-ring (bicyclic) bond motifs is 1. The number of carbonyl (C=O) groups is 1. The average Bonchev–Trinajstić information content (AvgIpc) is 3.15. The van der Waals surface area contributed by atoms with Gasteiger partial charge in [0.15, 0.2) is 11.3 Å². The van der Waals surface area contributed by atoms with Gasteiger partial charge in [-0.15, -0.1) is 0 Å². The third-order valence-electron chi connectivity index (χ3n) is 4.45. The summed E-state index contributed by atoms with van der Waals surface area (Å²) >= 11 is 3.39. The molecule has 7 nitrogen and oxygen atoms in total. The van der Waals surface area contributed by atoms with Crippen LogP contribution in [0.2, 0.25) is 0 Å². The molecule has 4 rings (SSSR count). The second-order valence-corrected chi connectivity index (χ2v) is 7.09. The molecule has 3 aromatic heterocycles. The summed E-state index contributed by atoms with van der Waals surface area (Å²) in [6, 6.07) is 8.29. The summed E-state index contributed by atoms with van der Waals surface area (Å²) in [5.41, 5.74) is 3.25. The lowest BCUT2D eigenvalue weighted by Crippen LogP contribution is -2.14. The van der Waals surface area contributed by atoms with Crippen LogP contribution in [0.3, 0.4) is 0 Å². The molecule has 0 unspecified atom stereocenters. The summed E-state index contributed by atoms with van der Waals surface area (Å²) in [7, 11) is 0. The Bertz CT molecular complexity index is 1200. The molecule has 9 heteroatoms. The van der Waals surface area contributed by atoms with Crippen molar-refractivity contribution in [3.63, 3.8) is 0 Å². The number of anilines is 1. The van der Waals surface area contributed by atoms with Crippen LogP contribution in [-0.4, -0.2) is 30.3 Å². The Morgan fingerprint density at radius 1 is 1.21 bits per heavy atom. The topological polar surface area (TPSA) is 77.1 Å². The van der Waals surface area contributed by atoms with E-state index in [2.05, 4.69) is 36.4 Å². The van der Waals surface area contributed by atoms with E-state index >= 15 is 0 Å². The van der Waals surface area contributed by atoms with Crippen LogP contribution >= 0.6 is 15.9 Å². The molecule has 142 valence electrons. The predicted octanol–water partition coefficient (Wildman–Crippen LogP) is 3.74. The predicted molar refractivity (Wildman–Crippen MR) is 106 cm³/mol. The normalized spacial score (nSPS) is 11.1. The molecule has 0 spiro atoms. The molecule has 0 saturated heterocycles. The zero-order valence-corrected chi connectivity index (χ0v) is 16.7. The van der Waals surface area contributed by atoms with Gasteiger partial charge in [0.2, 0.25) is 0 Å². The third-order valence-corrected chi connectivity index (χ3v) is 5.18. The maximum atomic E-state index is 14.0. The largest absolute Gasteiger partial charge is 0.317 e. The van der Waals surface area contributed by atoms with E-state index in [1.807, 2.05) is 6.92 Å². The van der Waals surface area contributed by atoms with Crippen molar-refractivity contribution < 1.29 is 9.18 Å². The fourth-order valence-electron chi connectivity index (χ4n) is 3.00. The van der Waals surface area contributed by atoms with Crippen LogP contribution in [0.4, 0.5) is 10.1 Å². The Balaban J connectivity index is 1.63. The Hall–Kier alpha value is -3.07. The molecule has 28 heavy (non-hydrogen) atoms. The van der Waals surface area contributed by atoms with E-state index in [-0.39, 0.29) is 24.0 Å². The number of hydrogen-bond donors (Lipinski definition) is 1. The van der Waals surface area contributed by atoms with Crippen molar-refractivity contribution in [3.8, 4) is 0 Å². The van der Waals surface area contributed by atoms with Gasteiger partial charge >= 0.3 is 0 Å². The van der Waals surface area contributed by atoms with Gasteiger partial charge in [-0.2, -0.15) is 10.2 Å². The first kappa shape index (κ1) is 18.3. The van der Waals surface area contributed by atoms with E-state index in [1.165, 1.54) is 10.6 Å². The number of halogens is 2. The van der Waals surface area contributed by atoms with Gasteiger partial charge in [0.25, 0.3) is 5.91 Å². The maximum Gasteiger partial charge on any atom is 0.277 e. The molecule has 0 atom stereocenters. The fourth-order valence-corrected chi connectivity index (χ4v) is 3.54. The molecule has 0 fully saturated rings. The highest BCUT2D eigenvalue weighted by Crippen LogP contribution is 2.25. The van der Waals surface area contributed by atoms with Crippen molar-refractivity contribution in [3.05, 3.63) is 75.7 Å². The number of amides is 1. The summed E-state index contributed by atoms with van der Waals surface area (Å²) < 4.78 is 17.7. The first-order chi connectivity index (χ1) is 13.5. The maximum absolute atomic E-state index is 14.0. The minimum Gasteiger partial charge on any atom is -0.317 e. The molecule has 0 aliphatic heterocycles. The molecule has 0 radical (unpaired) electrons. The monoisotopic (exact) mass is 442 g/mol. The van der Waals surface area contributed by atoms with Gasteiger partial charge in [-0.25, -0.2) is 13.9 Å². The van der Waals surface area contributed by atoms with Crippen molar-refractivity contribution in [2.75, 3.05) is 5.32 Å². The van der Waals surface area contributed by atoms with Crippen molar-refractivity contribution >= 4 is 33.2 Å². The Morgan fingerprint density at radius 3 is 2.75 bits per heavy atom. The molecule has 1 amide bonds. The Labute approximate surface area is 168 Å². The van der Waals surface area contributed by atoms with Crippen LogP contribution in [0.15, 0.2) is 47.2 Å². The highest BCUT2D eigenvalue weighted by Gasteiger charge is 2.21. The summed E-state index contributed by atoms with van der Waals surface area (Å²) in [6.45, 7) is 3.90. The fraction of sp³-hybridized carbons (Fsp3) is 0.158. The van der Waals surface area contributed by atoms with Crippen molar-refractivity contribution in [1.82, 2.24) is 24.4 Å². The molecule has 0 aliphatic carbocycles. The summed E-state index contributed by atoms with van der Waals surface area (Å²) in [5.74, 6) is -0.671. The van der Waals surface area contributed by atoms with Crippen LogP contribution in [-0.2, 0) is 6.54 Å². The first-order valence-electron chi connectivity index (χ1n) is 8.53. The summed E-state index contributed by atoms with van der Waals surface area (Å²) in [6.07, 6.45) is 3.34. The van der Waals surface area contributed by atoms with Gasteiger partial charge in [-0.1, -0.05) is 18.2 Å². The number of aromatic nitrogens is 5. The highest BCUT2D eigenvalue weighted by atomic mass is 79.9. The van der Waals surface area contributed by atoms with Crippen molar-refractivity contribution in [1.29, 1.82) is 0 Å². The van der Waals surface area contributed by atoms with Gasteiger partial charge in [0, 0.05) is 18.0 Å². The standard InChI is InChI=1S/C19H16BrFN6O/c1-11-16(12(2)27(24-11)10-13-6-3-4-7-14(13)21)23-19(28)17-15(20)18-22-8-5-9-26(18)25-17/h3-9H,10H2,1-2H3,(H,23,28). The minimum atomic E-state index is -0.381. The Kier molecular flexibility index (Phi) is 4.68. The van der Waals surface area contributed by atoms with Crippen LogP contribution in [0, 0.1) is 19.7 Å². The zero-order valence-electron chi connectivity index (χ0n) is 15.1. The average molecular weight is 443 g/mol. The molecule has 1 N–H and O–H groups in total. The van der Waals surface area contributed by atoms with Gasteiger partial charge in [0.05, 0.1) is 28.1 Å². The Morgan fingerprint density at radius 2 is 2.00 bits per heavy atom. The number of aryl methyl sites for hydroxylation is 1. The summed E-state index contributed by atoms with van der Waals surface area (Å²) in [5, 5.41) is 11.6. The second kappa shape index (κ2) is 7.16. The second-order valence-electron chi connectivity index (χ2n) is 6.30. The lowest BCUT2D eigenvalue weighted by Gasteiger charge is -2.07. The number of rotatable bonds is 4. The molecule has 0 aliphatic rings. The van der Waals surface area contributed by atoms with E-state index < -0.39 is 0 Å². The quantitative estimate of drug-likeness (QED) is 0.522. The minimum absolute atomic E-state index is 0.222. The smallest absolute Gasteiger partial charge is 0.277 e. The van der Waals surface area contributed by atoms with Gasteiger partial charge < -0.3 is 5.32 Å². The molecule has 0 saturated carbocycles. The van der Waals surface area contributed by atoms with E-state index in [9.17, 15) is 9.18 Å². The van der Waals surface area contributed by atoms with Gasteiger partial charge in [-0.05, 0) is 41.9 Å². The molecule has 0 bridgehead atoms. The molecule has 1 aromatic carbocycles. The van der Waals surface area contributed by atoms with Crippen LogP contribution in [0.5, 0.6) is 0 Å².